The molecule has 1 aliphatic rings. The van der Waals surface area contributed by atoms with Gasteiger partial charge in [0.1, 0.15) is 16.5 Å². The fourth-order valence-electron chi connectivity index (χ4n) is 1.92. The highest BCUT2D eigenvalue weighted by atomic mass is 32.2. The number of halogens is 2. The highest BCUT2D eigenvalue weighted by Gasteiger charge is 2.38. The summed E-state index contributed by atoms with van der Waals surface area (Å²) in [5, 5.41) is 0. The summed E-state index contributed by atoms with van der Waals surface area (Å²) < 4.78 is 52.5. The van der Waals surface area contributed by atoms with Crippen molar-refractivity contribution in [3.05, 3.63) is 29.8 Å². The fraction of sp³-hybridized carbons (Fsp3) is 0.500. The van der Waals surface area contributed by atoms with Crippen molar-refractivity contribution in [3.8, 4) is 0 Å². The van der Waals surface area contributed by atoms with Gasteiger partial charge in [-0.1, -0.05) is 0 Å². The Bertz CT molecular complexity index is 559. The lowest BCUT2D eigenvalue weighted by Gasteiger charge is -2.21. The second kappa shape index (κ2) is 5.52. The summed E-state index contributed by atoms with van der Waals surface area (Å²) in [6.07, 6.45) is 2.05. The Morgan fingerprint density at radius 3 is 2.53 bits per heavy atom. The van der Waals surface area contributed by atoms with Crippen LogP contribution in [0.2, 0.25) is 0 Å². The number of hydrogen-bond acceptors (Lipinski definition) is 3. The summed E-state index contributed by atoms with van der Waals surface area (Å²) in [4.78, 5) is -0.474. The molecule has 1 aromatic carbocycles. The molecule has 0 amide bonds. The zero-order valence-corrected chi connectivity index (χ0v) is 11.2. The van der Waals surface area contributed by atoms with Crippen LogP contribution >= 0.6 is 0 Å². The van der Waals surface area contributed by atoms with Crippen LogP contribution in [-0.4, -0.2) is 31.9 Å². The third-order valence-electron chi connectivity index (χ3n) is 3.02. The predicted molar refractivity (Wildman–Crippen MR) is 66.9 cm³/mol. The highest BCUT2D eigenvalue weighted by molar-refractivity contribution is 7.89. The van der Waals surface area contributed by atoms with Crippen LogP contribution < -0.4 is 5.73 Å². The molecule has 2 rings (SSSR count). The van der Waals surface area contributed by atoms with Crippen LogP contribution in [-0.2, 0) is 10.0 Å². The maximum Gasteiger partial charge on any atom is 0.246 e. The molecule has 106 valence electrons. The molecule has 0 unspecified atom stereocenters. The van der Waals surface area contributed by atoms with Gasteiger partial charge in [0, 0.05) is 18.7 Å². The first kappa shape index (κ1) is 14.4. The van der Waals surface area contributed by atoms with E-state index in [0.29, 0.717) is 19.0 Å². The Hall–Kier alpha value is -1.05. The summed E-state index contributed by atoms with van der Waals surface area (Å²) in [7, 11) is -3.92. The molecule has 0 aromatic heterocycles. The number of hydrogen-bond donors (Lipinski definition) is 1. The van der Waals surface area contributed by atoms with Gasteiger partial charge in [-0.3, -0.25) is 0 Å². The Labute approximate surface area is 111 Å². The molecule has 0 radical (unpaired) electrons. The Balaban J connectivity index is 2.33. The lowest BCUT2D eigenvalue weighted by atomic mass is 10.3. The van der Waals surface area contributed by atoms with Gasteiger partial charge in [0.05, 0.1) is 0 Å². The van der Waals surface area contributed by atoms with Gasteiger partial charge in [0.2, 0.25) is 10.0 Å². The molecule has 0 saturated heterocycles. The molecule has 0 atom stereocenters. The van der Waals surface area contributed by atoms with Crippen molar-refractivity contribution >= 4 is 10.0 Å². The van der Waals surface area contributed by atoms with Crippen molar-refractivity contribution in [2.75, 3.05) is 13.1 Å². The molecular formula is C12H16F2N2O2S. The number of nitrogens with zero attached hydrogens (tertiary/aromatic N) is 1. The number of rotatable bonds is 6. The summed E-state index contributed by atoms with van der Waals surface area (Å²) in [5.41, 5.74) is 5.38. The van der Waals surface area contributed by atoms with Gasteiger partial charge in [0.25, 0.3) is 0 Å². The molecule has 0 spiro atoms. The van der Waals surface area contributed by atoms with E-state index in [1.165, 1.54) is 4.31 Å². The molecule has 1 saturated carbocycles. The molecule has 0 bridgehead atoms. The average Bonchev–Trinajstić information content (AvgIpc) is 3.13. The summed E-state index contributed by atoms with van der Waals surface area (Å²) in [5.74, 6) is -1.85. The van der Waals surface area contributed by atoms with E-state index in [1.807, 2.05) is 0 Å². The quantitative estimate of drug-likeness (QED) is 0.863. The van der Waals surface area contributed by atoms with E-state index >= 15 is 0 Å². The van der Waals surface area contributed by atoms with E-state index in [2.05, 4.69) is 0 Å². The van der Waals surface area contributed by atoms with Gasteiger partial charge in [-0.05, 0) is 37.9 Å². The highest BCUT2D eigenvalue weighted by Crippen LogP contribution is 2.32. The first-order valence-electron chi connectivity index (χ1n) is 6.14. The van der Waals surface area contributed by atoms with Crippen LogP contribution in [0.25, 0.3) is 0 Å². The molecule has 1 aliphatic carbocycles. The van der Waals surface area contributed by atoms with Crippen molar-refractivity contribution in [1.29, 1.82) is 0 Å². The third-order valence-corrected chi connectivity index (χ3v) is 5.00. The van der Waals surface area contributed by atoms with Crippen LogP contribution in [0.3, 0.4) is 0 Å². The van der Waals surface area contributed by atoms with Crippen molar-refractivity contribution in [2.24, 2.45) is 5.73 Å². The second-order valence-electron chi connectivity index (χ2n) is 4.56. The van der Waals surface area contributed by atoms with Gasteiger partial charge in [-0.15, -0.1) is 0 Å². The molecular weight excluding hydrogens is 274 g/mol. The first-order valence-corrected chi connectivity index (χ1v) is 7.58. The van der Waals surface area contributed by atoms with Crippen molar-refractivity contribution in [2.45, 2.75) is 30.2 Å². The normalized spacial score (nSPS) is 16.0. The minimum absolute atomic E-state index is 0.0824. The third kappa shape index (κ3) is 3.10. The van der Waals surface area contributed by atoms with E-state index in [0.717, 1.165) is 25.0 Å². The minimum Gasteiger partial charge on any atom is -0.330 e. The van der Waals surface area contributed by atoms with E-state index in [-0.39, 0.29) is 12.6 Å². The zero-order chi connectivity index (χ0) is 14.0. The maximum atomic E-state index is 13.6. The largest absolute Gasteiger partial charge is 0.330 e. The van der Waals surface area contributed by atoms with Gasteiger partial charge < -0.3 is 5.73 Å². The van der Waals surface area contributed by atoms with E-state index in [1.54, 1.807) is 0 Å². The molecule has 1 aromatic rings. The van der Waals surface area contributed by atoms with Crippen LogP contribution in [0.4, 0.5) is 8.78 Å². The van der Waals surface area contributed by atoms with Crippen molar-refractivity contribution < 1.29 is 17.2 Å². The van der Waals surface area contributed by atoms with Gasteiger partial charge in [0.15, 0.2) is 0 Å². The molecule has 0 aliphatic heterocycles. The number of sulfonamides is 1. The lowest BCUT2D eigenvalue weighted by molar-refractivity contribution is 0.396. The van der Waals surface area contributed by atoms with Crippen LogP contribution in [0, 0.1) is 11.6 Å². The first-order chi connectivity index (χ1) is 8.96. The van der Waals surface area contributed by atoms with Crippen molar-refractivity contribution in [1.82, 2.24) is 4.31 Å². The smallest absolute Gasteiger partial charge is 0.246 e. The lowest BCUT2D eigenvalue weighted by Crippen LogP contribution is -2.35. The zero-order valence-electron chi connectivity index (χ0n) is 10.4. The molecule has 1 fully saturated rings. The molecule has 0 heterocycles. The standard InChI is InChI=1S/C12H16F2N2O2S/c13-9-2-5-12(11(14)8-9)19(17,18)16(7-1-6-15)10-3-4-10/h2,5,8,10H,1,3-4,6-7,15H2. The van der Waals surface area contributed by atoms with Crippen molar-refractivity contribution in [3.63, 3.8) is 0 Å². The maximum absolute atomic E-state index is 13.6. The van der Waals surface area contributed by atoms with E-state index < -0.39 is 26.6 Å². The number of benzene rings is 1. The van der Waals surface area contributed by atoms with Crippen LogP contribution in [0.15, 0.2) is 23.1 Å². The van der Waals surface area contributed by atoms with Crippen LogP contribution in [0.1, 0.15) is 19.3 Å². The number of nitrogens with two attached hydrogens (primary N) is 1. The summed E-state index contributed by atoms with van der Waals surface area (Å²) in [6, 6.07) is 2.42. The SMILES string of the molecule is NCCCN(C1CC1)S(=O)(=O)c1ccc(F)cc1F. The molecule has 4 nitrogen and oxygen atoms in total. The summed E-state index contributed by atoms with van der Waals surface area (Å²) in [6.45, 7) is 0.630. The molecule has 2 N–H and O–H groups in total. The Morgan fingerprint density at radius 1 is 1.32 bits per heavy atom. The van der Waals surface area contributed by atoms with E-state index in [9.17, 15) is 17.2 Å². The predicted octanol–water partition coefficient (Wildman–Crippen LogP) is 1.47. The van der Waals surface area contributed by atoms with Gasteiger partial charge in [-0.2, -0.15) is 4.31 Å². The average molecular weight is 290 g/mol. The van der Waals surface area contributed by atoms with E-state index in [4.69, 9.17) is 5.73 Å². The Kier molecular flexibility index (Phi) is 4.17. The molecule has 19 heavy (non-hydrogen) atoms. The topological polar surface area (TPSA) is 63.4 Å². The van der Waals surface area contributed by atoms with Crippen LogP contribution in [0.5, 0.6) is 0 Å². The fourth-order valence-corrected chi connectivity index (χ4v) is 3.69. The van der Waals surface area contributed by atoms with Gasteiger partial charge in [-0.25, -0.2) is 17.2 Å². The minimum atomic E-state index is -3.92. The molecule has 7 heteroatoms. The second-order valence-corrected chi connectivity index (χ2v) is 6.42. The van der Waals surface area contributed by atoms with Gasteiger partial charge >= 0.3 is 0 Å². The monoisotopic (exact) mass is 290 g/mol. The summed E-state index contributed by atoms with van der Waals surface area (Å²) >= 11 is 0. The Morgan fingerprint density at radius 2 is 2.00 bits per heavy atom.